The molecule has 2 saturated heterocycles. The van der Waals surface area contributed by atoms with Crippen LogP contribution < -0.4 is 9.64 Å². The molecule has 2 fully saturated rings. The van der Waals surface area contributed by atoms with Gasteiger partial charge in [0.25, 0.3) is 0 Å². The van der Waals surface area contributed by atoms with E-state index in [0.717, 1.165) is 18.2 Å². The van der Waals surface area contributed by atoms with Gasteiger partial charge in [-0.2, -0.15) is 9.97 Å². The third kappa shape index (κ3) is 7.97. The second-order valence-electron chi connectivity index (χ2n) is 17.8. The van der Waals surface area contributed by atoms with Crippen LogP contribution in [0.2, 0.25) is 41.3 Å². The minimum Gasteiger partial charge on any atom is -0.465 e. The molecule has 3 atom stereocenters. The van der Waals surface area contributed by atoms with Gasteiger partial charge in [-0.05, 0) is 60.6 Å². The molecule has 2 aromatic carbocycles. The summed E-state index contributed by atoms with van der Waals surface area (Å²) in [5, 5.41) is 12.5. The highest BCUT2D eigenvalue weighted by Crippen LogP contribution is 2.41. The van der Waals surface area contributed by atoms with Gasteiger partial charge >= 0.3 is 12.1 Å². The fraction of sp³-hybridized carbons (Fsp3) is 0.550. The molecular formula is C40H55ClFN5O5Si2. The number of pyridine rings is 1. The van der Waals surface area contributed by atoms with Gasteiger partial charge in [0.1, 0.15) is 23.1 Å². The Morgan fingerprint density at radius 2 is 1.57 bits per heavy atom. The summed E-state index contributed by atoms with van der Waals surface area (Å²) in [4.78, 5) is 30.1. The van der Waals surface area contributed by atoms with Gasteiger partial charge in [0, 0.05) is 48.3 Å². The van der Waals surface area contributed by atoms with Crippen molar-refractivity contribution in [3.8, 4) is 17.3 Å². The molecule has 2 aliphatic rings. The number of benzene rings is 2. The number of rotatable bonds is 11. The van der Waals surface area contributed by atoms with Crippen LogP contribution in [0.4, 0.5) is 15.0 Å². The summed E-state index contributed by atoms with van der Waals surface area (Å²) < 4.78 is 37.0. The van der Waals surface area contributed by atoms with Crippen LogP contribution in [0.15, 0.2) is 42.6 Å². The summed E-state index contributed by atoms with van der Waals surface area (Å²) in [5.41, 5.74) is 0.739. The smallest absolute Gasteiger partial charge is 0.407 e. The van der Waals surface area contributed by atoms with Crippen LogP contribution in [0.25, 0.3) is 32.9 Å². The van der Waals surface area contributed by atoms with Gasteiger partial charge in [0.05, 0.1) is 24.1 Å². The first-order chi connectivity index (χ1) is 25.2. The number of halogens is 2. The summed E-state index contributed by atoms with van der Waals surface area (Å²) in [6, 6.07) is 10.8. The molecule has 0 unspecified atom stereocenters. The quantitative estimate of drug-likeness (QED) is 0.148. The summed E-state index contributed by atoms with van der Waals surface area (Å²) in [6.45, 7) is 23.7. The minimum absolute atomic E-state index is 0.0176. The van der Waals surface area contributed by atoms with Gasteiger partial charge in [-0.3, -0.25) is 9.88 Å². The fourth-order valence-electron chi connectivity index (χ4n) is 6.89. The predicted octanol–water partition coefficient (Wildman–Crippen LogP) is 10.1. The molecule has 2 bridgehead atoms. The normalized spacial score (nSPS) is 18.8. The van der Waals surface area contributed by atoms with Crippen molar-refractivity contribution in [2.45, 2.75) is 115 Å². The zero-order valence-electron chi connectivity index (χ0n) is 33.3. The molecule has 0 spiro atoms. The average Bonchev–Trinajstić information content (AvgIpc) is 3.36. The first-order valence-corrected chi connectivity index (χ1v) is 25.1. The molecular weight excluding hydrogens is 741 g/mol. The first kappa shape index (κ1) is 40.3. The number of piperazine rings is 1. The van der Waals surface area contributed by atoms with E-state index in [4.69, 9.17) is 35.2 Å². The van der Waals surface area contributed by atoms with E-state index in [1.807, 2.05) is 35.2 Å². The monoisotopic (exact) mass is 795 g/mol. The van der Waals surface area contributed by atoms with Crippen molar-refractivity contribution in [3.05, 3.63) is 53.4 Å². The average molecular weight is 797 g/mol. The molecule has 1 amide bonds. The molecule has 2 aromatic heterocycles. The Labute approximate surface area is 325 Å². The summed E-state index contributed by atoms with van der Waals surface area (Å²) in [6.07, 6.45) is 2.24. The van der Waals surface area contributed by atoms with Crippen molar-refractivity contribution in [1.29, 1.82) is 0 Å². The molecule has 6 rings (SSSR count). The van der Waals surface area contributed by atoms with E-state index in [1.165, 1.54) is 0 Å². The SMILES string of the molecule is CC(C)(C)[Si](C)(C)OCC[C@@H](CO[Si](C)(C)C(C)(C)C)Oc1nc(N2C[C@H]3CC[C@@H](C2)N3C(=O)O)c2cnc(-c3cccc4cccc(Cl)c34)c(F)c2n1. The van der Waals surface area contributed by atoms with E-state index in [0.29, 0.717) is 59.9 Å². The number of ether oxygens (including phenoxy) is 1. The van der Waals surface area contributed by atoms with Crippen LogP contribution in [0.3, 0.4) is 0 Å². The second kappa shape index (κ2) is 14.9. The highest BCUT2D eigenvalue weighted by Gasteiger charge is 2.44. The predicted molar refractivity (Wildman–Crippen MR) is 219 cm³/mol. The van der Waals surface area contributed by atoms with Gasteiger partial charge in [-0.25, -0.2) is 9.18 Å². The van der Waals surface area contributed by atoms with Crippen LogP contribution >= 0.6 is 11.6 Å². The van der Waals surface area contributed by atoms with Gasteiger partial charge in [-0.1, -0.05) is 83.5 Å². The van der Waals surface area contributed by atoms with Crippen LogP contribution in [-0.4, -0.2) is 92.2 Å². The lowest BCUT2D eigenvalue weighted by Crippen LogP contribution is -2.55. The third-order valence-corrected chi connectivity index (χ3v) is 21.5. The highest BCUT2D eigenvalue weighted by atomic mass is 35.5. The van der Waals surface area contributed by atoms with Crippen molar-refractivity contribution in [2.75, 3.05) is 31.2 Å². The zero-order valence-corrected chi connectivity index (χ0v) is 36.1. The summed E-state index contributed by atoms with van der Waals surface area (Å²) >= 11 is 6.68. The number of fused-ring (bicyclic) bond motifs is 4. The number of aromatic nitrogens is 3. The lowest BCUT2D eigenvalue weighted by molar-refractivity contribution is 0.0885. The topological polar surface area (TPSA) is 110 Å². The number of hydrogen-bond donors (Lipinski definition) is 1. The maximum Gasteiger partial charge on any atom is 0.407 e. The third-order valence-electron chi connectivity index (χ3n) is 12.2. The highest BCUT2D eigenvalue weighted by molar-refractivity contribution is 6.74. The van der Waals surface area contributed by atoms with Crippen LogP contribution in [0.5, 0.6) is 6.01 Å². The van der Waals surface area contributed by atoms with E-state index in [9.17, 15) is 9.90 Å². The lowest BCUT2D eigenvalue weighted by Gasteiger charge is -2.40. The summed E-state index contributed by atoms with van der Waals surface area (Å²) in [5.74, 6) is -0.150. The largest absolute Gasteiger partial charge is 0.465 e. The second-order valence-corrected chi connectivity index (χ2v) is 27.9. The molecule has 0 saturated carbocycles. The first-order valence-electron chi connectivity index (χ1n) is 18.9. The van der Waals surface area contributed by atoms with Crippen molar-refractivity contribution in [3.63, 3.8) is 0 Å². The van der Waals surface area contributed by atoms with Crippen LogP contribution in [0.1, 0.15) is 60.8 Å². The van der Waals surface area contributed by atoms with E-state index in [1.54, 1.807) is 17.2 Å². The number of nitrogens with zero attached hydrogens (tertiary/aromatic N) is 5. The van der Waals surface area contributed by atoms with E-state index in [-0.39, 0.29) is 39.4 Å². The lowest BCUT2D eigenvalue weighted by atomic mass is 10.0. The molecule has 10 nitrogen and oxygen atoms in total. The Balaban J connectivity index is 1.43. The van der Waals surface area contributed by atoms with Gasteiger partial charge in [0.15, 0.2) is 22.5 Å². The van der Waals surface area contributed by atoms with Crippen molar-refractivity contribution >= 4 is 61.8 Å². The Kier molecular flexibility index (Phi) is 11.2. The Morgan fingerprint density at radius 3 is 2.19 bits per heavy atom. The zero-order chi connectivity index (χ0) is 39.4. The number of hydrogen-bond acceptors (Lipinski definition) is 8. The van der Waals surface area contributed by atoms with E-state index < -0.39 is 34.6 Å². The molecule has 14 heteroatoms. The van der Waals surface area contributed by atoms with Crippen molar-refractivity contribution in [2.24, 2.45) is 0 Å². The number of carboxylic acid groups (broad SMARTS) is 1. The maximum atomic E-state index is 17.1. The Bertz CT molecular complexity index is 2020. The molecule has 1 N–H and O–H groups in total. The molecule has 0 aliphatic carbocycles. The molecule has 292 valence electrons. The number of anilines is 1. The number of carbonyl (C=O) groups is 1. The summed E-state index contributed by atoms with van der Waals surface area (Å²) in [7, 11) is -4.22. The Morgan fingerprint density at radius 1 is 0.963 bits per heavy atom. The van der Waals surface area contributed by atoms with Gasteiger partial charge in [0.2, 0.25) is 0 Å². The van der Waals surface area contributed by atoms with Crippen molar-refractivity contribution < 1.29 is 27.9 Å². The minimum atomic E-state index is -2.17. The van der Waals surface area contributed by atoms with Gasteiger partial charge in [-0.15, -0.1) is 0 Å². The van der Waals surface area contributed by atoms with Crippen LogP contribution in [-0.2, 0) is 8.85 Å². The number of amides is 1. The van der Waals surface area contributed by atoms with Crippen LogP contribution in [0, 0.1) is 5.82 Å². The fourth-order valence-corrected chi connectivity index (χ4v) is 9.27. The molecule has 4 aromatic rings. The van der Waals surface area contributed by atoms with E-state index in [2.05, 4.69) is 72.7 Å². The molecule has 0 radical (unpaired) electrons. The molecule has 2 aliphatic heterocycles. The molecule has 54 heavy (non-hydrogen) atoms. The molecule has 4 heterocycles. The Hall–Kier alpha value is -3.37. The maximum absolute atomic E-state index is 17.1. The van der Waals surface area contributed by atoms with Gasteiger partial charge < -0.3 is 23.6 Å². The standard InChI is InChI=1S/C40H55ClFN5O5Si2/c1-39(2,3)53(7,8)50-20-19-28(24-51-54(9,10)40(4,5)6)52-37-44-35-30(36(45-37)46-22-26-17-18-27(23-46)47(26)38(48)49)21-43-34(33(35)42)29-15-11-13-25-14-12-16-31(41)32(25)29/h11-16,21,26-28H,17-20,22-24H2,1-10H3,(H,48,49)/t26-,27+,28-/m0/s1. The van der Waals surface area contributed by atoms with E-state index >= 15 is 4.39 Å². The van der Waals surface area contributed by atoms with Crippen molar-refractivity contribution in [1.82, 2.24) is 19.9 Å².